The Morgan fingerprint density at radius 2 is 1.76 bits per heavy atom. The normalized spacial score (nSPS) is 11.0. The minimum atomic E-state index is -4.46. The molecule has 2 aromatic rings. The third-order valence-corrected chi connectivity index (χ3v) is 3.45. The van der Waals surface area contributed by atoms with Crippen molar-refractivity contribution in [3.05, 3.63) is 59.7 Å². The van der Waals surface area contributed by atoms with Crippen molar-refractivity contribution in [3.63, 3.8) is 0 Å². The highest BCUT2D eigenvalue weighted by atomic mass is 19.4. The average Bonchev–Trinajstić information content (AvgIpc) is 2.54. The summed E-state index contributed by atoms with van der Waals surface area (Å²) in [6.07, 6.45) is -4.48. The van der Waals surface area contributed by atoms with Crippen LogP contribution in [0.2, 0.25) is 0 Å². The zero-order chi connectivity index (χ0) is 18.4. The topological polar surface area (TPSA) is 58.2 Å². The number of anilines is 2. The SMILES string of the molecule is CC(=O)c1cccc(NC(=O)CCNc2ccccc2C(F)(F)F)c1. The smallest absolute Gasteiger partial charge is 0.384 e. The molecule has 0 aromatic heterocycles. The standard InChI is InChI=1S/C18H17F3N2O2/c1-12(24)13-5-4-6-14(11-13)23-17(25)9-10-22-16-8-3-2-7-15(16)18(19,20)21/h2-8,11,22H,9-10H2,1H3,(H,23,25). The van der Waals surface area contributed by atoms with E-state index in [9.17, 15) is 22.8 Å². The Kier molecular flexibility index (Phi) is 5.80. The predicted molar refractivity (Wildman–Crippen MR) is 89.6 cm³/mol. The van der Waals surface area contributed by atoms with Crippen molar-refractivity contribution in [1.82, 2.24) is 0 Å². The van der Waals surface area contributed by atoms with Crippen molar-refractivity contribution in [2.24, 2.45) is 0 Å². The summed E-state index contributed by atoms with van der Waals surface area (Å²) in [5.74, 6) is -0.487. The summed E-state index contributed by atoms with van der Waals surface area (Å²) in [6, 6.07) is 11.6. The second kappa shape index (κ2) is 7.83. The van der Waals surface area contributed by atoms with E-state index < -0.39 is 11.7 Å². The summed E-state index contributed by atoms with van der Waals surface area (Å²) >= 11 is 0. The predicted octanol–water partition coefficient (Wildman–Crippen LogP) is 4.35. The van der Waals surface area contributed by atoms with Crippen molar-refractivity contribution in [2.75, 3.05) is 17.2 Å². The highest BCUT2D eigenvalue weighted by Crippen LogP contribution is 2.34. The number of benzene rings is 2. The monoisotopic (exact) mass is 350 g/mol. The summed E-state index contributed by atoms with van der Waals surface area (Å²) in [4.78, 5) is 23.2. The molecule has 4 nitrogen and oxygen atoms in total. The number of para-hydroxylation sites is 1. The first-order valence-corrected chi connectivity index (χ1v) is 7.58. The van der Waals surface area contributed by atoms with Crippen molar-refractivity contribution < 1.29 is 22.8 Å². The van der Waals surface area contributed by atoms with Gasteiger partial charge in [0.1, 0.15) is 0 Å². The molecule has 2 rings (SSSR count). The Labute approximate surface area is 143 Å². The van der Waals surface area contributed by atoms with Gasteiger partial charge in [0.25, 0.3) is 0 Å². The molecule has 0 aliphatic carbocycles. The zero-order valence-corrected chi connectivity index (χ0v) is 13.5. The fourth-order valence-electron chi connectivity index (χ4n) is 2.23. The highest BCUT2D eigenvalue weighted by Gasteiger charge is 2.32. The van der Waals surface area contributed by atoms with Gasteiger partial charge in [-0.25, -0.2) is 0 Å². The minimum absolute atomic E-state index is 0.0174. The first kappa shape index (κ1) is 18.5. The fraction of sp³-hybridized carbons (Fsp3) is 0.222. The van der Waals surface area contributed by atoms with Gasteiger partial charge in [-0.2, -0.15) is 13.2 Å². The number of Topliss-reactive ketones (excluding diaryl/α,β-unsaturated/α-hetero) is 1. The number of halogens is 3. The summed E-state index contributed by atoms with van der Waals surface area (Å²) in [5.41, 5.74) is 0.0920. The molecule has 0 atom stereocenters. The molecule has 0 spiro atoms. The molecule has 0 fully saturated rings. The molecular weight excluding hydrogens is 333 g/mol. The van der Waals surface area contributed by atoms with E-state index >= 15 is 0 Å². The van der Waals surface area contributed by atoms with Crippen LogP contribution in [0.5, 0.6) is 0 Å². The number of carbonyl (C=O) groups is 2. The number of hydrogen-bond donors (Lipinski definition) is 2. The lowest BCUT2D eigenvalue weighted by Crippen LogP contribution is -2.18. The van der Waals surface area contributed by atoms with Gasteiger partial charge in [-0.1, -0.05) is 24.3 Å². The first-order valence-electron chi connectivity index (χ1n) is 7.58. The number of hydrogen-bond acceptors (Lipinski definition) is 3. The van der Waals surface area contributed by atoms with Crippen LogP contribution in [0.1, 0.15) is 29.3 Å². The van der Waals surface area contributed by atoms with Gasteiger partial charge in [-0.05, 0) is 31.2 Å². The van der Waals surface area contributed by atoms with Crippen LogP contribution >= 0.6 is 0 Å². The number of carbonyl (C=O) groups excluding carboxylic acids is 2. The Morgan fingerprint density at radius 3 is 2.44 bits per heavy atom. The molecule has 0 unspecified atom stereocenters. The minimum Gasteiger partial charge on any atom is -0.384 e. The van der Waals surface area contributed by atoms with E-state index in [1.165, 1.54) is 25.1 Å². The van der Waals surface area contributed by atoms with Crippen LogP contribution in [0.15, 0.2) is 48.5 Å². The lowest BCUT2D eigenvalue weighted by Gasteiger charge is -2.14. The van der Waals surface area contributed by atoms with Crippen LogP contribution in [0.4, 0.5) is 24.5 Å². The molecule has 0 saturated heterocycles. The molecule has 0 radical (unpaired) electrons. The van der Waals surface area contributed by atoms with E-state index in [1.807, 2.05) is 0 Å². The summed E-state index contributed by atoms with van der Waals surface area (Å²) < 4.78 is 38.6. The summed E-state index contributed by atoms with van der Waals surface area (Å²) in [6.45, 7) is 1.47. The Balaban J connectivity index is 1.91. The van der Waals surface area contributed by atoms with Gasteiger partial charge in [0, 0.05) is 29.9 Å². The van der Waals surface area contributed by atoms with Gasteiger partial charge < -0.3 is 10.6 Å². The molecule has 7 heteroatoms. The number of ketones is 1. The van der Waals surface area contributed by atoms with Crippen LogP contribution < -0.4 is 10.6 Å². The van der Waals surface area contributed by atoms with E-state index in [4.69, 9.17) is 0 Å². The van der Waals surface area contributed by atoms with Gasteiger partial charge in [-0.15, -0.1) is 0 Å². The molecule has 0 aliphatic heterocycles. The molecule has 0 saturated carbocycles. The molecular formula is C18H17F3N2O2. The van der Waals surface area contributed by atoms with Crippen molar-refractivity contribution >= 4 is 23.1 Å². The third-order valence-electron chi connectivity index (χ3n) is 3.45. The van der Waals surface area contributed by atoms with Crippen molar-refractivity contribution in [2.45, 2.75) is 19.5 Å². The summed E-state index contributed by atoms with van der Waals surface area (Å²) in [5, 5.41) is 5.25. The molecule has 132 valence electrons. The maximum Gasteiger partial charge on any atom is 0.418 e. The molecule has 2 N–H and O–H groups in total. The van der Waals surface area contributed by atoms with E-state index in [2.05, 4.69) is 10.6 Å². The van der Waals surface area contributed by atoms with E-state index in [0.29, 0.717) is 11.3 Å². The average molecular weight is 350 g/mol. The molecule has 1 amide bonds. The van der Waals surface area contributed by atoms with Crippen LogP contribution in [0.25, 0.3) is 0 Å². The molecule has 25 heavy (non-hydrogen) atoms. The molecule has 0 heterocycles. The van der Waals surface area contributed by atoms with Crippen molar-refractivity contribution in [3.8, 4) is 0 Å². The van der Waals surface area contributed by atoms with Crippen LogP contribution in [0.3, 0.4) is 0 Å². The maximum absolute atomic E-state index is 12.9. The van der Waals surface area contributed by atoms with Gasteiger partial charge in [0.15, 0.2) is 5.78 Å². The van der Waals surface area contributed by atoms with Gasteiger partial charge >= 0.3 is 6.18 Å². The number of amides is 1. The molecule has 0 aliphatic rings. The van der Waals surface area contributed by atoms with Crippen LogP contribution in [-0.2, 0) is 11.0 Å². The second-order valence-electron chi connectivity index (χ2n) is 5.41. The fourth-order valence-corrected chi connectivity index (χ4v) is 2.23. The maximum atomic E-state index is 12.9. The van der Waals surface area contributed by atoms with Gasteiger partial charge in [0.05, 0.1) is 5.56 Å². The van der Waals surface area contributed by atoms with Crippen molar-refractivity contribution in [1.29, 1.82) is 0 Å². The van der Waals surface area contributed by atoms with Crippen LogP contribution in [-0.4, -0.2) is 18.2 Å². The lowest BCUT2D eigenvalue weighted by atomic mass is 10.1. The third kappa shape index (κ3) is 5.34. The number of nitrogens with one attached hydrogen (secondary N) is 2. The Hall–Kier alpha value is -2.83. The zero-order valence-electron chi connectivity index (χ0n) is 13.5. The van der Waals surface area contributed by atoms with Gasteiger partial charge in [-0.3, -0.25) is 9.59 Å². The number of alkyl halides is 3. The molecule has 2 aromatic carbocycles. The second-order valence-corrected chi connectivity index (χ2v) is 5.41. The Morgan fingerprint density at radius 1 is 1.04 bits per heavy atom. The van der Waals surface area contributed by atoms with E-state index in [0.717, 1.165) is 6.07 Å². The lowest BCUT2D eigenvalue weighted by molar-refractivity contribution is -0.137. The highest BCUT2D eigenvalue weighted by molar-refractivity contribution is 5.97. The quantitative estimate of drug-likeness (QED) is 0.762. The van der Waals surface area contributed by atoms with E-state index in [1.54, 1.807) is 24.3 Å². The van der Waals surface area contributed by atoms with Gasteiger partial charge in [0.2, 0.25) is 5.91 Å². The number of rotatable bonds is 6. The summed E-state index contributed by atoms with van der Waals surface area (Å²) in [7, 11) is 0. The Bertz CT molecular complexity index is 773. The largest absolute Gasteiger partial charge is 0.418 e. The van der Waals surface area contributed by atoms with E-state index in [-0.39, 0.29) is 30.3 Å². The first-order chi connectivity index (χ1) is 11.8. The van der Waals surface area contributed by atoms with Crippen LogP contribution in [0, 0.1) is 0 Å². The molecule has 0 bridgehead atoms.